The Morgan fingerprint density at radius 1 is 1.00 bits per heavy atom. The Balaban J connectivity index is 1.16. The van der Waals surface area contributed by atoms with Crippen molar-refractivity contribution in [2.24, 2.45) is 0 Å². The Morgan fingerprint density at radius 2 is 1.84 bits per heavy atom. The smallest absolute Gasteiger partial charge is 0.288 e. The molecule has 5 aromatic rings. The molecule has 0 bridgehead atoms. The summed E-state index contributed by atoms with van der Waals surface area (Å²) in [6.45, 7) is 2.19. The molecule has 0 radical (unpaired) electrons. The number of aryl methyl sites for hydroxylation is 1. The Labute approximate surface area is 251 Å². The van der Waals surface area contributed by atoms with Crippen LogP contribution in [0.1, 0.15) is 22.6 Å². The van der Waals surface area contributed by atoms with E-state index in [1.807, 2.05) is 55.6 Å². The first-order chi connectivity index (χ1) is 20.9. The first kappa shape index (κ1) is 28.2. The molecule has 0 aliphatic carbocycles. The topological polar surface area (TPSA) is 122 Å². The summed E-state index contributed by atoms with van der Waals surface area (Å²) in [5.41, 5.74) is 3.04. The summed E-state index contributed by atoms with van der Waals surface area (Å²) < 4.78 is 30.6. The lowest BCUT2D eigenvalue weighted by Gasteiger charge is -2.12. The average molecular weight is 601 g/mol. The molecule has 3 aromatic heterocycles. The van der Waals surface area contributed by atoms with Gasteiger partial charge in [0, 0.05) is 25.2 Å². The van der Waals surface area contributed by atoms with E-state index in [0.29, 0.717) is 46.9 Å². The van der Waals surface area contributed by atoms with Crippen LogP contribution < -0.4 is 14.2 Å². The number of imide groups is 1. The van der Waals surface area contributed by atoms with Gasteiger partial charge in [-0.1, -0.05) is 36.0 Å². The maximum Gasteiger partial charge on any atom is 0.288 e. The number of rotatable bonds is 11. The van der Waals surface area contributed by atoms with Crippen LogP contribution in [0.25, 0.3) is 17.3 Å². The van der Waals surface area contributed by atoms with Crippen molar-refractivity contribution in [3.8, 4) is 34.7 Å². The highest BCUT2D eigenvalue weighted by Gasteiger charge is 2.38. The number of amides is 2. The predicted molar refractivity (Wildman–Crippen MR) is 157 cm³/mol. The van der Waals surface area contributed by atoms with Crippen LogP contribution >= 0.6 is 11.8 Å². The van der Waals surface area contributed by atoms with Gasteiger partial charge in [-0.3, -0.25) is 14.5 Å². The lowest BCUT2D eigenvalue weighted by atomic mass is 10.1. The summed E-state index contributed by atoms with van der Waals surface area (Å²) in [7, 11) is 3.06. The van der Waals surface area contributed by atoms with Crippen LogP contribution in [0.3, 0.4) is 0 Å². The molecule has 0 N–H and O–H groups in total. The molecule has 2 amide bonds. The fourth-order valence-electron chi connectivity index (χ4n) is 4.54. The van der Waals surface area contributed by atoms with Gasteiger partial charge in [0.25, 0.3) is 11.1 Å². The number of ether oxygens (including phenoxy) is 3. The highest BCUT2D eigenvalue weighted by atomic mass is 32.2. The molecule has 1 atom stereocenters. The van der Waals surface area contributed by atoms with Crippen molar-refractivity contribution >= 4 is 22.9 Å². The van der Waals surface area contributed by atoms with Crippen LogP contribution in [0.2, 0.25) is 0 Å². The summed E-state index contributed by atoms with van der Waals surface area (Å²) in [6.07, 6.45) is 3.70. The third kappa shape index (κ3) is 6.00. The fourth-order valence-corrected chi connectivity index (χ4v) is 5.55. The van der Waals surface area contributed by atoms with Crippen molar-refractivity contribution < 1.29 is 32.6 Å². The number of para-hydroxylation sites is 1. The number of furan rings is 1. The molecule has 6 rings (SSSR count). The lowest BCUT2D eigenvalue weighted by Crippen LogP contribution is -2.28. The fraction of sp³-hybridized carbons (Fsp3) is 0.226. The van der Waals surface area contributed by atoms with Crippen molar-refractivity contribution in [1.29, 1.82) is 0 Å². The highest BCUT2D eigenvalue weighted by Crippen LogP contribution is 2.33. The van der Waals surface area contributed by atoms with Gasteiger partial charge >= 0.3 is 0 Å². The normalized spacial score (nSPS) is 14.9. The third-order valence-corrected chi connectivity index (χ3v) is 8.02. The summed E-state index contributed by atoms with van der Waals surface area (Å²) in [5.74, 6) is 2.78. The zero-order valence-corrected chi connectivity index (χ0v) is 24.5. The molecule has 11 nitrogen and oxygen atoms in total. The molecule has 12 heteroatoms. The minimum Gasteiger partial charge on any atom is -0.493 e. The maximum absolute atomic E-state index is 12.6. The molecular weight excluding hydrogens is 572 g/mol. The molecule has 0 saturated carbocycles. The average Bonchev–Trinajstić information content (AvgIpc) is 3.82. The molecule has 1 unspecified atom stereocenters. The number of benzene rings is 2. The monoisotopic (exact) mass is 600 g/mol. The molecule has 0 spiro atoms. The highest BCUT2D eigenvalue weighted by molar-refractivity contribution is 8.15. The van der Waals surface area contributed by atoms with Crippen LogP contribution in [0.5, 0.6) is 17.4 Å². The molecule has 1 aliphatic rings. The Morgan fingerprint density at radius 3 is 2.56 bits per heavy atom. The van der Waals surface area contributed by atoms with E-state index in [0.717, 1.165) is 33.5 Å². The van der Waals surface area contributed by atoms with E-state index in [-0.39, 0.29) is 24.4 Å². The van der Waals surface area contributed by atoms with E-state index in [4.69, 9.17) is 23.0 Å². The van der Waals surface area contributed by atoms with Gasteiger partial charge in [0.15, 0.2) is 17.3 Å². The minimum atomic E-state index is -0.534. The first-order valence-electron chi connectivity index (χ1n) is 13.4. The summed E-state index contributed by atoms with van der Waals surface area (Å²) in [5, 5.41) is 3.85. The number of methoxy groups -OCH3 is 1. The van der Waals surface area contributed by atoms with Crippen molar-refractivity contribution in [2.75, 3.05) is 14.2 Å². The number of aromatic nitrogens is 3. The van der Waals surface area contributed by atoms with Gasteiger partial charge in [0.1, 0.15) is 24.7 Å². The van der Waals surface area contributed by atoms with Gasteiger partial charge in [-0.15, -0.1) is 5.10 Å². The van der Waals surface area contributed by atoms with Crippen molar-refractivity contribution in [2.45, 2.75) is 31.8 Å². The zero-order valence-electron chi connectivity index (χ0n) is 23.7. The van der Waals surface area contributed by atoms with Gasteiger partial charge in [-0.05, 0) is 48.9 Å². The molecule has 1 aliphatic heterocycles. The largest absolute Gasteiger partial charge is 0.493 e. The number of thioether (sulfide) groups is 1. The minimum absolute atomic E-state index is 0.179. The molecule has 43 heavy (non-hydrogen) atoms. The lowest BCUT2D eigenvalue weighted by molar-refractivity contribution is -0.125. The maximum atomic E-state index is 12.6. The summed E-state index contributed by atoms with van der Waals surface area (Å²) in [4.78, 5) is 30.3. The third-order valence-electron chi connectivity index (χ3n) is 6.89. The van der Waals surface area contributed by atoms with Crippen LogP contribution in [0, 0.1) is 6.92 Å². The quantitative estimate of drug-likeness (QED) is 0.183. The van der Waals surface area contributed by atoms with Crippen LogP contribution in [-0.2, 0) is 24.4 Å². The van der Waals surface area contributed by atoms with E-state index in [1.165, 1.54) is 7.05 Å². The van der Waals surface area contributed by atoms with Gasteiger partial charge in [0.2, 0.25) is 11.8 Å². The van der Waals surface area contributed by atoms with E-state index in [9.17, 15) is 9.59 Å². The van der Waals surface area contributed by atoms with E-state index in [2.05, 4.69) is 10.1 Å². The molecular formula is C31H28N4O7S. The number of carbonyl (C=O) groups is 2. The number of hydrogen-bond donors (Lipinski definition) is 0. The summed E-state index contributed by atoms with van der Waals surface area (Å²) >= 11 is 1.02. The van der Waals surface area contributed by atoms with Crippen molar-refractivity contribution in [3.63, 3.8) is 0 Å². The predicted octanol–water partition coefficient (Wildman–Crippen LogP) is 5.83. The number of nitrogens with zero attached hydrogens (tertiary/aromatic N) is 4. The Kier molecular flexibility index (Phi) is 7.93. The van der Waals surface area contributed by atoms with Crippen LogP contribution in [-0.4, -0.2) is 50.2 Å². The number of oxazole rings is 1. The van der Waals surface area contributed by atoms with E-state index in [1.54, 1.807) is 36.3 Å². The Bertz CT molecular complexity index is 1750. The molecule has 4 heterocycles. The molecule has 1 fully saturated rings. The first-order valence-corrected chi connectivity index (χ1v) is 14.3. The summed E-state index contributed by atoms with van der Waals surface area (Å²) in [6, 6.07) is 18.7. The standard InChI is InChI=1S/C31H28N4O7S/c1-19-23(32-29(42-19)25-10-7-13-39-25)18-40-24-12-11-20(14-26(24)38-3)17-41-28-21(15-27-30(36)34(2)31(37)43-27)16-35(33-28)22-8-5-4-6-9-22/h4-14,16,27H,15,17-18H2,1-3H3. The zero-order chi connectivity index (χ0) is 29.9. The van der Waals surface area contributed by atoms with E-state index < -0.39 is 5.25 Å². The second-order valence-electron chi connectivity index (χ2n) is 9.78. The van der Waals surface area contributed by atoms with Gasteiger partial charge in [-0.25, -0.2) is 9.67 Å². The van der Waals surface area contributed by atoms with Crippen molar-refractivity contribution in [3.05, 3.63) is 95.7 Å². The second-order valence-corrected chi connectivity index (χ2v) is 10.9. The Hall–Kier alpha value is -4.97. The molecule has 220 valence electrons. The van der Waals surface area contributed by atoms with Crippen LogP contribution in [0.4, 0.5) is 4.79 Å². The van der Waals surface area contributed by atoms with Gasteiger partial charge in [0.05, 0.1) is 24.3 Å². The molecule has 1 saturated heterocycles. The number of hydrogen-bond acceptors (Lipinski definition) is 10. The van der Waals surface area contributed by atoms with Crippen LogP contribution in [0.15, 0.2) is 82.0 Å². The van der Waals surface area contributed by atoms with Gasteiger partial charge < -0.3 is 23.0 Å². The van der Waals surface area contributed by atoms with Crippen molar-refractivity contribution in [1.82, 2.24) is 19.7 Å². The second kappa shape index (κ2) is 12.1. The number of carbonyl (C=O) groups excluding carboxylic acids is 2. The van der Waals surface area contributed by atoms with Gasteiger partial charge in [-0.2, -0.15) is 0 Å². The SMILES string of the molecule is COc1cc(COc2nn(-c3ccccc3)cc2CC2SC(=O)N(C)C2=O)ccc1OCc1nc(-c2ccco2)oc1C. The van der Waals surface area contributed by atoms with E-state index >= 15 is 0 Å². The molecule has 2 aromatic carbocycles.